The summed E-state index contributed by atoms with van der Waals surface area (Å²) in [5.74, 6) is 0.313. The van der Waals surface area contributed by atoms with Crippen LogP contribution >= 0.6 is 0 Å². The van der Waals surface area contributed by atoms with Gasteiger partial charge < -0.3 is 5.11 Å². The molecule has 0 unspecified atom stereocenters. The van der Waals surface area contributed by atoms with Crippen LogP contribution in [0.15, 0.2) is 24.3 Å². The average Bonchev–Trinajstić information content (AvgIpc) is 2.68. The third-order valence-electron chi connectivity index (χ3n) is 1.49. The predicted octanol–water partition coefficient (Wildman–Crippen LogP) is 0.499. The van der Waals surface area contributed by atoms with Crippen molar-refractivity contribution in [1.82, 2.24) is 10.9 Å². The van der Waals surface area contributed by atoms with Gasteiger partial charge in [-0.05, 0) is 17.7 Å². The van der Waals surface area contributed by atoms with Gasteiger partial charge in [0.25, 0.3) is 0 Å². The summed E-state index contributed by atoms with van der Waals surface area (Å²) in [6.45, 7) is 0. The summed E-state index contributed by atoms with van der Waals surface area (Å²) >= 11 is 0. The van der Waals surface area contributed by atoms with Gasteiger partial charge in [-0.25, -0.2) is 10.9 Å². The maximum absolute atomic E-state index is 9.03. The molecule has 0 saturated carbocycles. The third kappa shape index (κ3) is 0.964. The first-order valence-corrected chi connectivity index (χ1v) is 3.16. The molecule has 3 heteroatoms. The molecule has 3 N–H and O–H groups in total. The van der Waals surface area contributed by atoms with Gasteiger partial charge in [-0.2, -0.15) is 0 Å². The van der Waals surface area contributed by atoms with Crippen LogP contribution in [0.3, 0.4) is 0 Å². The van der Waals surface area contributed by atoms with E-state index in [1.54, 1.807) is 12.1 Å². The van der Waals surface area contributed by atoms with Crippen LogP contribution in [0.5, 0.6) is 5.75 Å². The molecule has 1 aromatic carbocycles. The molecular formula is C7H8N2O. The second kappa shape index (κ2) is 1.97. The summed E-state index contributed by atoms with van der Waals surface area (Å²) in [7, 11) is 0. The average molecular weight is 136 g/mol. The SMILES string of the molecule is Oc1cccc(C2NN2)c1. The Balaban J connectivity index is 2.32. The highest BCUT2D eigenvalue weighted by atomic mass is 16.3. The van der Waals surface area contributed by atoms with Crippen molar-refractivity contribution in [1.29, 1.82) is 0 Å². The fourth-order valence-corrected chi connectivity index (χ4v) is 0.913. The summed E-state index contributed by atoms with van der Waals surface area (Å²) in [6, 6.07) is 7.17. The Hall–Kier alpha value is -1.06. The van der Waals surface area contributed by atoms with E-state index < -0.39 is 0 Å². The second-order valence-electron chi connectivity index (χ2n) is 2.32. The minimum absolute atomic E-state index is 0.243. The molecule has 0 aromatic heterocycles. The molecule has 1 aliphatic heterocycles. The molecule has 0 spiro atoms. The zero-order valence-electron chi connectivity index (χ0n) is 5.33. The lowest BCUT2D eigenvalue weighted by Crippen LogP contribution is -1.82. The van der Waals surface area contributed by atoms with Crippen molar-refractivity contribution in [2.45, 2.75) is 6.17 Å². The lowest BCUT2D eigenvalue weighted by atomic mass is 10.2. The van der Waals surface area contributed by atoms with Crippen molar-refractivity contribution in [2.24, 2.45) is 0 Å². The van der Waals surface area contributed by atoms with E-state index in [4.69, 9.17) is 5.11 Å². The Labute approximate surface area is 58.7 Å². The summed E-state index contributed by atoms with van der Waals surface area (Å²) in [5.41, 5.74) is 6.90. The molecule has 1 aliphatic rings. The first kappa shape index (κ1) is 5.70. The van der Waals surface area contributed by atoms with Crippen molar-refractivity contribution in [3.63, 3.8) is 0 Å². The van der Waals surface area contributed by atoms with Gasteiger partial charge in [-0.3, -0.25) is 0 Å². The fraction of sp³-hybridized carbons (Fsp3) is 0.143. The van der Waals surface area contributed by atoms with E-state index in [0.29, 0.717) is 5.75 Å². The molecule has 0 atom stereocenters. The van der Waals surface area contributed by atoms with E-state index >= 15 is 0 Å². The Morgan fingerprint density at radius 1 is 1.30 bits per heavy atom. The van der Waals surface area contributed by atoms with Gasteiger partial charge in [0.1, 0.15) is 11.9 Å². The van der Waals surface area contributed by atoms with E-state index in [-0.39, 0.29) is 6.17 Å². The maximum atomic E-state index is 9.03. The molecule has 1 heterocycles. The monoisotopic (exact) mass is 136 g/mol. The normalized spacial score (nSPS) is 17.2. The van der Waals surface area contributed by atoms with Gasteiger partial charge in [0.15, 0.2) is 0 Å². The number of rotatable bonds is 1. The zero-order chi connectivity index (χ0) is 6.97. The van der Waals surface area contributed by atoms with Crippen LogP contribution in [0.1, 0.15) is 11.7 Å². The van der Waals surface area contributed by atoms with Gasteiger partial charge >= 0.3 is 0 Å². The highest BCUT2D eigenvalue weighted by Crippen LogP contribution is 2.19. The van der Waals surface area contributed by atoms with E-state index in [0.717, 1.165) is 5.56 Å². The minimum Gasteiger partial charge on any atom is -0.508 e. The van der Waals surface area contributed by atoms with Crippen LogP contribution in [0, 0.1) is 0 Å². The number of hydrogen-bond acceptors (Lipinski definition) is 3. The van der Waals surface area contributed by atoms with Crippen LogP contribution in [-0.2, 0) is 0 Å². The molecule has 1 saturated heterocycles. The molecule has 10 heavy (non-hydrogen) atoms. The van der Waals surface area contributed by atoms with Gasteiger partial charge in [-0.15, -0.1) is 0 Å². The van der Waals surface area contributed by atoms with Gasteiger partial charge in [0.05, 0.1) is 0 Å². The summed E-state index contributed by atoms with van der Waals surface area (Å²) in [5, 5.41) is 9.03. The molecule has 52 valence electrons. The second-order valence-corrected chi connectivity index (χ2v) is 2.32. The van der Waals surface area contributed by atoms with Crippen LogP contribution in [0.2, 0.25) is 0 Å². The third-order valence-corrected chi connectivity index (χ3v) is 1.49. The molecule has 2 rings (SSSR count). The van der Waals surface area contributed by atoms with Crippen LogP contribution in [-0.4, -0.2) is 5.11 Å². The molecule has 0 radical (unpaired) electrons. The zero-order valence-corrected chi connectivity index (χ0v) is 5.33. The Morgan fingerprint density at radius 2 is 2.10 bits per heavy atom. The number of aromatic hydroxyl groups is 1. The van der Waals surface area contributed by atoms with Crippen LogP contribution in [0.25, 0.3) is 0 Å². The van der Waals surface area contributed by atoms with Crippen molar-refractivity contribution < 1.29 is 5.11 Å². The highest BCUT2D eigenvalue weighted by Gasteiger charge is 2.20. The summed E-state index contributed by atoms with van der Waals surface area (Å²) in [4.78, 5) is 0. The number of nitrogens with one attached hydrogen (secondary N) is 2. The van der Waals surface area contributed by atoms with E-state index in [9.17, 15) is 0 Å². The first-order valence-electron chi connectivity index (χ1n) is 3.16. The Morgan fingerprint density at radius 3 is 2.70 bits per heavy atom. The molecule has 1 aromatic rings. The Kier molecular flexibility index (Phi) is 1.12. The van der Waals surface area contributed by atoms with E-state index in [1.165, 1.54) is 0 Å². The number of phenols is 1. The molecule has 1 fully saturated rings. The van der Waals surface area contributed by atoms with Gasteiger partial charge in [0.2, 0.25) is 0 Å². The topological polar surface area (TPSA) is 64.1 Å². The first-order chi connectivity index (χ1) is 4.86. The molecule has 0 amide bonds. The van der Waals surface area contributed by atoms with E-state index in [1.807, 2.05) is 12.1 Å². The number of hydrogen-bond donors (Lipinski definition) is 3. The van der Waals surface area contributed by atoms with Crippen molar-refractivity contribution in [3.05, 3.63) is 29.8 Å². The number of phenolic OH excluding ortho intramolecular Hbond substituents is 1. The standard InChI is InChI=1S/C7H8N2O/c10-6-3-1-2-5(4-6)7-8-9-7/h1-4,7-10H. The molecule has 0 aliphatic carbocycles. The smallest absolute Gasteiger partial charge is 0.115 e. The fourth-order valence-electron chi connectivity index (χ4n) is 0.913. The Bertz CT molecular complexity index is 245. The highest BCUT2D eigenvalue weighted by molar-refractivity contribution is 5.30. The van der Waals surface area contributed by atoms with Crippen LogP contribution < -0.4 is 10.9 Å². The quantitative estimate of drug-likeness (QED) is 0.492. The lowest BCUT2D eigenvalue weighted by Gasteiger charge is -1.94. The summed E-state index contributed by atoms with van der Waals surface area (Å²) in [6.07, 6.45) is 0.243. The van der Waals surface area contributed by atoms with Crippen molar-refractivity contribution >= 4 is 0 Å². The van der Waals surface area contributed by atoms with Gasteiger partial charge in [0, 0.05) is 0 Å². The molecule has 3 nitrogen and oxygen atoms in total. The number of benzene rings is 1. The summed E-state index contributed by atoms with van der Waals surface area (Å²) < 4.78 is 0. The lowest BCUT2D eigenvalue weighted by molar-refractivity contribution is 0.474. The maximum Gasteiger partial charge on any atom is 0.115 e. The van der Waals surface area contributed by atoms with Crippen molar-refractivity contribution in [3.8, 4) is 5.75 Å². The van der Waals surface area contributed by atoms with Crippen molar-refractivity contribution in [2.75, 3.05) is 0 Å². The molecule has 0 bridgehead atoms. The minimum atomic E-state index is 0.243. The largest absolute Gasteiger partial charge is 0.508 e. The van der Waals surface area contributed by atoms with E-state index in [2.05, 4.69) is 10.9 Å². The predicted molar refractivity (Wildman–Crippen MR) is 37.1 cm³/mol. The van der Waals surface area contributed by atoms with Crippen LogP contribution in [0.4, 0.5) is 0 Å². The molecular weight excluding hydrogens is 128 g/mol. The van der Waals surface area contributed by atoms with Gasteiger partial charge in [-0.1, -0.05) is 12.1 Å². The number of hydrazine groups is 1.